The first kappa shape index (κ1) is 15.8. The highest BCUT2D eigenvalue weighted by molar-refractivity contribution is 6.31. The van der Waals surface area contributed by atoms with Crippen LogP contribution in [0.5, 0.6) is 5.75 Å². The highest BCUT2D eigenvalue weighted by Crippen LogP contribution is 2.26. The van der Waals surface area contributed by atoms with Gasteiger partial charge in [0.2, 0.25) is 0 Å². The van der Waals surface area contributed by atoms with Crippen LogP contribution in [0.4, 0.5) is 17.2 Å². The van der Waals surface area contributed by atoms with Crippen molar-refractivity contribution in [2.75, 3.05) is 10.6 Å². The third-order valence-electron chi connectivity index (χ3n) is 3.22. The molecule has 0 saturated carbocycles. The molecule has 0 aliphatic carbocycles. The van der Waals surface area contributed by atoms with Crippen LogP contribution in [-0.2, 0) is 0 Å². The van der Waals surface area contributed by atoms with Crippen LogP contribution in [0.25, 0.3) is 0 Å². The van der Waals surface area contributed by atoms with Crippen LogP contribution in [0, 0.1) is 0 Å². The van der Waals surface area contributed by atoms with Crippen LogP contribution >= 0.6 is 11.6 Å². The van der Waals surface area contributed by atoms with Gasteiger partial charge in [-0.1, -0.05) is 41.9 Å². The van der Waals surface area contributed by atoms with Gasteiger partial charge in [-0.2, -0.15) is 0 Å². The molecule has 0 spiro atoms. The molecule has 0 atom stereocenters. The molecule has 0 radical (unpaired) electrons. The molecule has 0 aliphatic rings. The zero-order valence-corrected chi connectivity index (χ0v) is 13.3. The molecule has 0 aliphatic heterocycles. The van der Waals surface area contributed by atoms with E-state index in [0.717, 1.165) is 0 Å². The van der Waals surface area contributed by atoms with Gasteiger partial charge in [-0.15, -0.1) is 0 Å². The minimum absolute atomic E-state index is 0.0783. The molecule has 0 fully saturated rings. The summed E-state index contributed by atoms with van der Waals surface area (Å²) in [4.78, 5) is 16.6. The van der Waals surface area contributed by atoms with Gasteiger partial charge < -0.3 is 15.7 Å². The number of nitrogens with one attached hydrogen (secondary N) is 2. The summed E-state index contributed by atoms with van der Waals surface area (Å²) in [6.07, 6.45) is 0. The number of phenols is 1. The molecule has 120 valence electrons. The van der Waals surface area contributed by atoms with E-state index in [1.54, 1.807) is 42.5 Å². The van der Waals surface area contributed by atoms with Crippen molar-refractivity contribution in [3.63, 3.8) is 0 Å². The van der Waals surface area contributed by atoms with E-state index in [9.17, 15) is 9.90 Å². The van der Waals surface area contributed by atoms with E-state index >= 15 is 0 Å². The van der Waals surface area contributed by atoms with E-state index in [4.69, 9.17) is 11.6 Å². The molecule has 1 amide bonds. The van der Waals surface area contributed by atoms with Crippen molar-refractivity contribution < 1.29 is 9.90 Å². The Bertz CT molecular complexity index is 869. The van der Waals surface area contributed by atoms with Crippen LogP contribution in [0.3, 0.4) is 0 Å². The number of carbonyl (C=O) groups excluding carboxylic acids is 1. The maximum atomic E-state index is 12.3. The lowest BCUT2D eigenvalue weighted by Gasteiger charge is -2.10. The van der Waals surface area contributed by atoms with E-state index < -0.39 is 0 Å². The fourth-order valence-electron chi connectivity index (χ4n) is 2.11. The molecular weight excluding hydrogens is 326 g/mol. The Hall–Kier alpha value is -3.05. The number of halogens is 1. The van der Waals surface area contributed by atoms with E-state index in [0.29, 0.717) is 22.2 Å². The summed E-state index contributed by atoms with van der Waals surface area (Å²) in [5.74, 6) is 0.0702. The Balaban J connectivity index is 1.83. The van der Waals surface area contributed by atoms with Crippen molar-refractivity contribution in [1.82, 2.24) is 4.98 Å². The van der Waals surface area contributed by atoms with Gasteiger partial charge in [-0.25, -0.2) is 4.98 Å². The fraction of sp³-hybridized carbons (Fsp3) is 0. The van der Waals surface area contributed by atoms with Gasteiger partial charge in [-0.05, 0) is 36.4 Å². The number of phenolic OH excluding ortho intramolecular Hbond substituents is 1. The summed E-state index contributed by atoms with van der Waals surface area (Å²) in [5.41, 5.74) is 1.31. The van der Waals surface area contributed by atoms with Crippen molar-refractivity contribution in [3.8, 4) is 5.75 Å². The predicted molar refractivity (Wildman–Crippen MR) is 95.0 cm³/mol. The number of rotatable bonds is 4. The largest absolute Gasteiger partial charge is 0.506 e. The Labute approximate surface area is 143 Å². The molecule has 24 heavy (non-hydrogen) atoms. The molecule has 1 heterocycles. The standard InChI is InChI=1S/C18H14ClN3O2/c19-12-10-15(18(24)20-13-6-2-1-3-7-13)22-17(11-12)21-14-8-4-5-9-16(14)23/h1-11,23H,(H,20,24)(H,21,22). The number of anilines is 3. The fourth-order valence-corrected chi connectivity index (χ4v) is 2.32. The first-order valence-electron chi connectivity index (χ1n) is 7.21. The zero-order valence-electron chi connectivity index (χ0n) is 12.5. The number of aromatic nitrogens is 1. The minimum Gasteiger partial charge on any atom is -0.506 e. The van der Waals surface area contributed by atoms with Crippen molar-refractivity contribution in [1.29, 1.82) is 0 Å². The van der Waals surface area contributed by atoms with Crippen LogP contribution in [-0.4, -0.2) is 16.0 Å². The first-order valence-corrected chi connectivity index (χ1v) is 7.58. The number of hydrogen-bond donors (Lipinski definition) is 3. The van der Waals surface area contributed by atoms with Crippen molar-refractivity contribution in [2.45, 2.75) is 0 Å². The number of benzene rings is 2. The third kappa shape index (κ3) is 3.83. The number of aromatic hydroxyl groups is 1. The van der Waals surface area contributed by atoms with Crippen LogP contribution in [0.2, 0.25) is 5.02 Å². The zero-order chi connectivity index (χ0) is 16.9. The quantitative estimate of drug-likeness (QED) is 0.614. The molecule has 1 aromatic heterocycles. The molecule has 0 unspecified atom stereocenters. The smallest absolute Gasteiger partial charge is 0.274 e. The summed E-state index contributed by atoms with van der Waals surface area (Å²) in [7, 11) is 0. The molecule has 0 saturated heterocycles. The lowest BCUT2D eigenvalue weighted by Crippen LogP contribution is -2.14. The highest BCUT2D eigenvalue weighted by Gasteiger charge is 2.11. The molecule has 3 aromatic rings. The molecule has 2 aromatic carbocycles. The monoisotopic (exact) mass is 339 g/mol. The van der Waals surface area contributed by atoms with Crippen LogP contribution < -0.4 is 10.6 Å². The van der Waals surface area contributed by atoms with Crippen LogP contribution in [0.1, 0.15) is 10.5 Å². The van der Waals surface area contributed by atoms with Gasteiger partial charge >= 0.3 is 0 Å². The lowest BCUT2D eigenvalue weighted by atomic mass is 10.2. The second kappa shape index (κ2) is 7.02. The average Bonchev–Trinajstić information content (AvgIpc) is 2.57. The van der Waals surface area contributed by atoms with Gasteiger partial charge in [-0.3, -0.25) is 4.79 Å². The maximum Gasteiger partial charge on any atom is 0.274 e. The second-order valence-corrected chi connectivity index (χ2v) is 5.45. The topological polar surface area (TPSA) is 74.2 Å². The van der Waals surface area contributed by atoms with E-state index in [1.807, 2.05) is 18.2 Å². The summed E-state index contributed by atoms with van der Waals surface area (Å²) in [6.45, 7) is 0. The second-order valence-electron chi connectivity index (χ2n) is 5.02. The Morgan fingerprint density at radius 3 is 2.46 bits per heavy atom. The first-order chi connectivity index (χ1) is 11.6. The van der Waals surface area contributed by atoms with Crippen molar-refractivity contribution >= 4 is 34.7 Å². The summed E-state index contributed by atoms with van der Waals surface area (Å²) < 4.78 is 0. The van der Waals surface area contributed by atoms with Gasteiger partial charge in [0.05, 0.1) is 5.69 Å². The average molecular weight is 340 g/mol. The van der Waals surface area contributed by atoms with E-state index in [2.05, 4.69) is 15.6 Å². The Morgan fingerprint density at radius 2 is 1.71 bits per heavy atom. The predicted octanol–water partition coefficient (Wildman–Crippen LogP) is 4.44. The van der Waals surface area contributed by atoms with Gasteiger partial charge in [0, 0.05) is 10.7 Å². The summed E-state index contributed by atoms with van der Waals surface area (Å²) >= 11 is 6.08. The third-order valence-corrected chi connectivity index (χ3v) is 3.44. The summed E-state index contributed by atoms with van der Waals surface area (Å²) in [6, 6.07) is 18.9. The molecule has 3 rings (SSSR count). The maximum absolute atomic E-state index is 12.3. The van der Waals surface area contributed by atoms with E-state index in [-0.39, 0.29) is 17.4 Å². The molecule has 6 heteroatoms. The Morgan fingerprint density at radius 1 is 1.00 bits per heavy atom. The number of hydrogen-bond acceptors (Lipinski definition) is 4. The number of pyridine rings is 1. The number of amides is 1. The molecule has 3 N–H and O–H groups in total. The number of nitrogens with zero attached hydrogens (tertiary/aromatic N) is 1. The molecular formula is C18H14ClN3O2. The lowest BCUT2D eigenvalue weighted by molar-refractivity contribution is 0.102. The highest BCUT2D eigenvalue weighted by atomic mass is 35.5. The SMILES string of the molecule is O=C(Nc1ccccc1)c1cc(Cl)cc(Nc2ccccc2O)n1. The number of para-hydroxylation sites is 3. The van der Waals surface area contributed by atoms with Crippen LogP contribution in [0.15, 0.2) is 66.7 Å². The van der Waals surface area contributed by atoms with Gasteiger partial charge in [0.25, 0.3) is 5.91 Å². The Kier molecular flexibility index (Phi) is 4.63. The normalized spacial score (nSPS) is 10.2. The minimum atomic E-state index is -0.371. The molecule has 5 nitrogen and oxygen atoms in total. The van der Waals surface area contributed by atoms with Crippen molar-refractivity contribution in [2.24, 2.45) is 0 Å². The van der Waals surface area contributed by atoms with Gasteiger partial charge in [0.1, 0.15) is 17.3 Å². The molecule has 0 bridgehead atoms. The van der Waals surface area contributed by atoms with E-state index in [1.165, 1.54) is 6.07 Å². The van der Waals surface area contributed by atoms with Crippen molar-refractivity contribution in [3.05, 3.63) is 77.4 Å². The summed E-state index contributed by atoms with van der Waals surface area (Å²) in [5, 5.41) is 15.9. The van der Waals surface area contributed by atoms with Gasteiger partial charge in [0.15, 0.2) is 0 Å². The number of carbonyl (C=O) groups is 1.